The van der Waals surface area contributed by atoms with Crippen molar-refractivity contribution in [2.24, 2.45) is 12.0 Å². The van der Waals surface area contributed by atoms with Crippen LogP contribution in [-0.4, -0.2) is 45.1 Å². The van der Waals surface area contributed by atoms with Crippen LogP contribution in [0.3, 0.4) is 0 Å². The van der Waals surface area contributed by atoms with Crippen LogP contribution in [0.4, 0.5) is 0 Å². The summed E-state index contributed by atoms with van der Waals surface area (Å²) in [6.07, 6.45) is 2.07. The fraction of sp³-hybridized carbons (Fsp3) is 0.400. The molecule has 1 N–H and O–H groups in total. The molecule has 0 radical (unpaired) electrons. The molecule has 27 heavy (non-hydrogen) atoms. The third-order valence-corrected chi connectivity index (χ3v) is 4.58. The maximum Gasteiger partial charge on any atom is 0.194 e. The minimum Gasteiger partial charge on any atom is -0.357 e. The van der Waals surface area contributed by atoms with Gasteiger partial charge in [-0.3, -0.25) is 4.99 Å². The van der Waals surface area contributed by atoms with Gasteiger partial charge in [0.25, 0.3) is 0 Å². The van der Waals surface area contributed by atoms with Crippen LogP contribution in [0.2, 0.25) is 0 Å². The zero-order chi connectivity index (χ0) is 18.5. The quantitative estimate of drug-likeness (QED) is 0.334. The van der Waals surface area contributed by atoms with Crippen molar-refractivity contribution in [1.29, 1.82) is 0 Å². The highest BCUT2D eigenvalue weighted by Crippen LogP contribution is 2.15. The molecule has 0 amide bonds. The minimum absolute atomic E-state index is 0. The van der Waals surface area contributed by atoms with Gasteiger partial charge in [-0.2, -0.15) is 0 Å². The topological polar surface area (TPSA) is 50.4 Å². The number of nitrogens with one attached hydrogen (secondary N) is 1. The van der Waals surface area contributed by atoms with E-state index in [2.05, 4.69) is 88.8 Å². The van der Waals surface area contributed by atoms with Gasteiger partial charge in [0.1, 0.15) is 5.82 Å². The van der Waals surface area contributed by atoms with Gasteiger partial charge in [-0.1, -0.05) is 12.1 Å². The number of imidazole rings is 1. The van der Waals surface area contributed by atoms with Crippen molar-refractivity contribution in [3.8, 4) is 0 Å². The lowest BCUT2D eigenvalue weighted by Crippen LogP contribution is -2.39. The van der Waals surface area contributed by atoms with Crippen molar-refractivity contribution < 1.29 is 0 Å². The molecule has 7 heteroatoms. The molecule has 2 aromatic heterocycles. The Morgan fingerprint density at radius 1 is 1.22 bits per heavy atom. The van der Waals surface area contributed by atoms with Crippen molar-refractivity contribution in [2.75, 3.05) is 20.1 Å². The minimum atomic E-state index is 0. The van der Waals surface area contributed by atoms with Gasteiger partial charge in [-0.15, -0.1) is 24.0 Å². The molecular weight excluding hydrogens is 451 g/mol. The second-order valence-electron chi connectivity index (χ2n) is 6.50. The molecule has 1 aromatic carbocycles. The summed E-state index contributed by atoms with van der Waals surface area (Å²) in [6, 6.07) is 12.5. The molecular formula is C20H29IN6. The SMILES string of the molecule is CCNC(=NCCn1c(C)nc2ccccc21)N(C)Cc1cccn1C.I. The number of halogens is 1. The monoisotopic (exact) mass is 480 g/mol. The third-order valence-electron chi connectivity index (χ3n) is 4.58. The number of aromatic nitrogens is 3. The lowest BCUT2D eigenvalue weighted by atomic mass is 10.3. The fourth-order valence-corrected chi connectivity index (χ4v) is 3.18. The normalized spacial score (nSPS) is 11.5. The van der Waals surface area contributed by atoms with Gasteiger partial charge in [-0.05, 0) is 38.1 Å². The van der Waals surface area contributed by atoms with Gasteiger partial charge in [0.05, 0.1) is 24.1 Å². The van der Waals surface area contributed by atoms with E-state index in [1.807, 2.05) is 6.07 Å². The average Bonchev–Trinajstić information content (AvgIpc) is 3.17. The number of nitrogens with zero attached hydrogens (tertiary/aromatic N) is 5. The first-order valence-corrected chi connectivity index (χ1v) is 9.11. The number of benzene rings is 1. The average molecular weight is 480 g/mol. The van der Waals surface area contributed by atoms with E-state index in [4.69, 9.17) is 4.99 Å². The van der Waals surface area contributed by atoms with Crippen LogP contribution < -0.4 is 5.32 Å². The summed E-state index contributed by atoms with van der Waals surface area (Å²) < 4.78 is 4.38. The van der Waals surface area contributed by atoms with Gasteiger partial charge >= 0.3 is 0 Å². The summed E-state index contributed by atoms with van der Waals surface area (Å²) in [5.74, 6) is 1.96. The largest absolute Gasteiger partial charge is 0.357 e. The lowest BCUT2D eigenvalue weighted by Gasteiger charge is -2.22. The van der Waals surface area contributed by atoms with E-state index in [0.717, 1.165) is 36.9 Å². The molecule has 6 nitrogen and oxygen atoms in total. The zero-order valence-electron chi connectivity index (χ0n) is 16.5. The van der Waals surface area contributed by atoms with Crippen LogP contribution in [0.15, 0.2) is 47.6 Å². The first kappa shape index (κ1) is 21.3. The van der Waals surface area contributed by atoms with Gasteiger partial charge in [-0.25, -0.2) is 4.98 Å². The molecule has 0 fully saturated rings. The van der Waals surface area contributed by atoms with Crippen LogP contribution in [0.1, 0.15) is 18.4 Å². The molecule has 0 saturated carbocycles. The van der Waals surface area contributed by atoms with Crippen LogP contribution in [-0.2, 0) is 20.1 Å². The van der Waals surface area contributed by atoms with E-state index in [-0.39, 0.29) is 24.0 Å². The first-order valence-electron chi connectivity index (χ1n) is 9.11. The van der Waals surface area contributed by atoms with Crippen molar-refractivity contribution in [1.82, 2.24) is 24.3 Å². The maximum absolute atomic E-state index is 4.82. The number of hydrogen-bond donors (Lipinski definition) is 1. The van der Waals surface area contributed by atoms with Crippen LogP contribution >= 0.6 is 24.0 Å². The number of para-hydroxylation sites is 2. The Bertz CT molecular complexity index is 895. The molecule has 3 rings (SSSR count). The van der Waals surface area contributed by atoms with E-state index in [9.17, 15) is 0 Å². The van der Waals surface area contributed by atoms with E-state index in [0.29, 0.717) is 6.54 Å². The van der Waals surface area contributed by atoms with Crippen LogP contribution in [0.5, 0.6) is 0 Å². The van der Waals surface area contributed by atoms with Crippen LogP contribution in [0.25, 0.3) is 11.0 Å². The number of aryl methyl sites for hydroxylation is 2. The van der Waals surface area contributed by atoms with E-state index in [1.165, 1.54) is 11.2 Å². The highest BCUT2D eigenvalue weighted by atomic mass is 127. The Kier molecular flexibility index (Phi) is 7.70. The summed E-state index contributed by atoms with van der Waals surface area (Å²) in [5, 5.41) is 3.39. The summed E-state index contributed by atoms with van der Waals surface area (Å²) in [5.41, 5.74) is 3.47. The van der Waals surface area contributed by atoms with E-state index in [1.54, 1.807) is 0 Å². The Labute approximate surface area is 178 Å². The Hall–Kier alpha value is -2.03. The summed E-state index contributed by atoms with van der Waals surface area (Å²) in [7, 11) is 4.15. The summed E-state index contributed by atoms with van der Waals surface area (Å²) in [6.45, 7) is 7.35. The molecule has 2 heterocycles. The first-order chi connectivity index (χ1) is 12.6. The standard InChI is InChI=1S/C20H28N6.HI/c1-5-21-20(25(4)15-17-9-8-13-24(17)3)22-12-14-26-16(2)23-18-10-6-7-11-19(18)26;/h6-11,13H,5,12,14-15H2,1-4H3,(H,21,22);1H. The molecule has 0 aliphatic rings. The third kappa shape index (κ3) is 5.03. The van der Waals surface area contributed by atoms with E-state index >= 15 is 0 Å². The van der Waals surface area contributed by atoms with Crippen LogP contribution in [0, 0.1) is 6.92 Å². The molecule has 3 aromatic rings. The fourth-order valence-electron chi connectivity index (χ4n) is 3.18. The second-order valence-corrected chi connectivity index (χ2v) is 6.50. The summed E-state index contributed by atoms with van der Waals surface area (Å²) in [4.78, 5) is 11.6. The number of aliphatic imine (C=N–C) groups is 1. The predicted octanol–water partition coefficient (Wildman–Crippen LogP) is 3.40. The number of guanidine groups is 1. The van der Waals surface area contributed by atoms with Gasteiger partial charge in [0.2, 0.25) is 0 Å². The Morgan fingerprint density at radius 2 is 2.00 bits per heavy atom. The van der Waals surface area contributed by atoms with Gasteiger partial charge < -0.3 is 19.4 Å². The van der Waals surface area contributed by atoms with Gasteiger partial charge in [0, 0.05) is 39.1 Å². The molecule has 0 saturated heterocycles. The molecule has 0 aliphatic carbocycles. The zero-order valence-corrected chi connectivity index (χ0v) is 18.8. The van der Waals surface area contributed by atoms with Crippen molar-refractivity contribution in [3.05, 3.63) is 54.1 Å². The molecule has 0 spiro atoms. The molecule has 146 valence electrons. The lowest BCUT2D eigenvalue weighted by molar-refractivity contribution is 0.461. The second kappa shape index (κ2) is 9.77. The predicted molar refractivity (Wildman–Crippen MR) is 123 cm³/mol. The van der Waals surface area contributed by atoms with Crippen molar-refractivity contribution in [2.45, 2.75) is 26.9 Å². The summed E-state index contributed by atoms with van der Waals surface area (Å²) >= 11 is 0. The maximum atomic E-state index is 4.82. The van der Waals surface area contributed by atoms with E-state index < -0.39 is 0 Å². The molecule has 0 aliphatic heterocycles. The number of hydrogen-bond acceptors (Lipinski definition) is 2. The number of rotatable bonds is 6. The molecule has 0 unspecified atom stereocenters. The highest BCUT2D eigenvalue weighted by Gasteiger charge is 2.09. The molecule has 0 atom stereocenters. The van der Waals surface area contributed by atoms with Crippen molar-refractivity contribution >= 4 is 41.0 Å². The van der Waals surface area contributed by atoms with Gasteiger partial charge in [0.15, 0.2) is 5.96 Å². The van der Waals surface area contributed by atoms with Crippen molar-refractivity contribution in [3.63, 3.8) is 0 Å². The molecule has 0 bridgehead atoms. The Morgan fingerprint density at radius 3 is 2.70 bits per heavy atom. The number of fused-ring (bicyclic) bond motifs is 1. The highest BCUT2D eigenvalue weighted by molar-refractivity contribution is 14.0. The smallest absolute Gasteiger partial charge is 0.194 e. The Balaban J connectivity index is 0.00000261.